The minimum atomic E-state index is -1.03. The Morgan fingerprint density at radius 2 is 1.84 bits per heavy atom. The molecule has 1 saturated heterocycles. The summed E-state index contributed by atoms with van der Waals surface area (Å²) in [5, 5.41) is 5.59. The number of aryl methyl sites for hydroxylation is 2. The molecule has 3 aromatic carbocycles. The Morgan fingerprint density at radius 3 is 2.60 bits per heavy atom. The van der Waals surface area contributed by atoms with Crippen LogP contribution in [-0.4, -0.2) is 101 Å². The van der Waals surface area contributed by atoms with Crippen molar-refractivity contribution in [2.45, 2.75) is 111 Å². The van der Waals surface area contributed by atoms with Gasteiger partial charge in [0.1, 0.15) is 18.1 Å². The van der Waals surface area contributed by atoms with E-state index >= 15 is 0 Å². The number of likely N-dealkylation sites (N-methyl/N-ethyl adjacent to an activating group) is 1. The van der Waals surface area contributed by atoms with Gasteiger partial charge >= 0.3 is 5.97 Å². The van der Waals surface area contributed by atoms with Gasteiger partial charge in [-0.2, -0.15) is 0 Å². The van der Waals surface area contributed by atoms with Crippen molar-refractivity contribution in [2.75, 3.05) is 33.9 Å². The van der Waals surface area contributed by atoms with E-state index in [4.69, 9.17) is 9.47 Å². The van der Waals surface area contributed by atoms with Crippen LogP contribution in [0.25, 0.3) is 33.3 Å². The molecule has 0 saturated carbocycles. The lowest BCUT2D eigenvalue weighted by atomic mass is 9.84. The molecule has 2 aliphatic rings. The Hall–Kier alpha value is -6.47. The Kier molecular flexibility index (Phi) is 16.1. The van der Waals surface area contributed by atoms with E-state index in [-0.39, 0.29) is 43.7 Å². The maximum Gasteiger partial charge on any atom is 0.324 e. The van der Waals surface area contributed by atoms with Crippen LogP contribution in [0.2, 0.25) is 0 Å². The molecule has 5 aromatic rings. The van der Waals surface area contributed by atoms with E-state index in [9.17, 15) is 19.2 Å². The highest BCUT2D eigenvalue weighted by molar-refractivity contribution is 5.96. The number of nitrogens with zero attached hydrogens (tertiary/aromatic N) is 6. The van der Waals surface area contributed by atoms with E-state index in [0.29, 0.717) is 45.5 Å². The van der Waals surface area contributed by atoms with Crippen LogP contribution in [0.5, 0.6) is 0 Å². The van der Waals surface area contributed by atoms with Crippen molar-refractivity contribution in [3.05, 3.63) is 113 Å². The first-order valence-corrected chi connectivity index (χ1v) is 23.8. The van der Waals surface area contributed by atoms with Crippen molar-refractivity contribution in [3.8, 4) is 22.4 Å². The molecule has 2 aliphatic heterocycles. The molecule has 0 aliphatic carbocycles. The molecule has 0 spiro atoms. The largest absolute Gasteiger partial charge is 0.464 e. The molecule has 7 rings (SSSR count). The van der Waals surface area contributed by atoms with Crippen LogP contribution in [0.4, 0.5) is 0 Å². The molecule has 3 atom stereocenters. The molecule has 6 bridgehead atoms. The van der Waals surface area contributed by atoms with Gasteiger partial charge in [-0.25, -0.2) is 15.4 Å². The minimum absolute atomic E-state index is 0.0531. The van der Waals surface area contributed by atoms with Crippen molar-refractivity contribution >= 4 is 40.6 Å². The van der Waals surface area contributed by atoms with Crippen molar-refractivity contribution in [3.63, 3.8) is 0 Å². The number of hydrogen-bond donors (Lipinski definition) is 2. The Morgan fingerprint density at radius 1 is 1.04 bits per heavy atom. The van der Waals surface area contributed by atoms with E-state index in [1.54, 1.807) is 20.4 Å². The molecule has 14 nitrogen and oxygen atoms in total. The third kappa shape index (κ3) is 11.4. The molecule has 1 unspecified atom stereocenters. The molecular formula is C54H66N8O6. The maximum absolute atomic E-state index is 14.7. The van der Waals surface area contributed by atoms with E-state index < -0.39 is 35.4 Å². The first kappa shape index (κ1) is 49.4. The average molecular weight is 923 g/mol. The van der Waals surface area contributed by atoms with E-state index in [1.807, 2.05) is 69.4 Å². The van der Waals surface area contributed by atoms with Gasteiger partial charge in [-0.15, -0.1) is 0 Å². The third-order valence-electron chi connectivity index (χ3n) is 13.1. The number of carbonyl (C=O) groups excluding carboxylic acids is 4. The van der Waals surface area contributed by atoms with E-state index in [1.165, 1.54) is 9.91 Å². The van der Waals surface area contributed by atoms with Crippen molar-refractivity contribution in [1.82, 2.24) is 30.2 Å². The first-order chi connectivity index (χ1) is 32.7. The Balaban J connectivity index is 1.21. The number of ether oxygens (including phenoxy) is 2. The molecule has 4 heterocycles. The number of benzene rings is 3. The van der Waals surface area contributed by atoms with Gasteiger partial charge in [-0.1, -0.05) is 82.3 Å². The Bertz CT molecular complexity index is 2700. The number of fused-ring (bicyclic) bond motifs is 6. The normalized spacial score (nSPS) is 17.8. The summed E-state index contributed by atoms with van der Waals surface area (Å²) in [5.74, 6) is -1.85. The monoisotopic (exact) mass is 923 g/mol. The number of esters is 1. The van der Waals surface area contributed by atoms with Gasteiger partial charge in [0, 0.05) is 74.4 Å². The number of carbonyl (C=O) groups is 4. The molecule has 14 heteroatoms. The topological polar surface area (TPSA) is 160 Å². The molecule has 0 radical (unpaired) electrons. The van der Waals surface area contributed by atoms with Gasteiger partial charge in [0.15, 0.2) is 0 Å². The zero-order valence-corrected chi connectivity index (χ0v) is 40.8. The zero-order valence-electron chi connectivity index (χ0n) is 40.8. The van der Waals surface area contributed by atoms with Crippen LogP contribution in [0.15, 0.2) is 95.2 Å². The second-order valence-electron chi connectivity index (χ2n) is 19.2. The number of nitrogens with one attached hydrogen (secondary N) is 2. The highest BCUT2D eigenvalue weighted by Gasteiger charge is 2.37. The van der Waals surface area contributed by atoms with Crippen molar-refractivity contribution in [1.29, 1.82) is 0 Å². The van der Waals surface area contributed by atoms with Crippen molar-refractivity contribution in [2.24, 2.45) is 21.3 Å². The summed E-state index contributed by atoms with van der Waals surface area (Å²) in [6.45, 7) is 14.3. The van der Waals surface area contributed by atoms with Gasteiger partial charge in [-0.05, 0) is 96.2 Å². The lowest BCUT2D eigenvalue weighted by Crippen LogP contribution is -2.62. The summed E-state index contributed by atoms with van der Waals surface area (Å²) in [6, 6.07) is 24.6. The number of methoxy groups -OCH3 is 1. The SMILES string of the molecule is CCn1c(-c2cnccc2COC)c2c3cc(ccc31)-c1cccc(c1)C[C@H](NC(=O)C(C(C)C)N(C)C(=O)CCN=C=NCc1ccccc1C)C(=O)N1CCC[C@H](N1)C(=O)OCC(C)(C)C2. The minimum Gasteiger partial charge on any atom is -0.464 e. The highest BCUT2D eigenvalue weighted by atomic mass is 16.5. The standard InChI is InChI=1S/C54H66N8O6/c1-9-61-47-20-19-39-28-42(47)43(50(61)44-31-55-23-21-41(44)32-67-8)29-54(5,6)33-68-53(66)45-18-13-25-62(59-45)52(65)46(27-37-15-12-17-38(39)26-37)58-51(64)49(35(2)3)60(7)48(63)22-24-56-34-57-30-40-16-11-10-14-36(40)4/h10-12,14-17,19-21,23,26,28,31,35,45-46,49,59H,9,13,18,22,24-25,27,29-30,32-33H2,1-8H3,(H,58,64)/t45-,46-,49?/m0/s1. The summed E-state index contributed by atoms with van der Waals surface area (Å²) in [7, 11) is 3.30. The van der Waals surface area contributed by atoms with Gasteiger partial charge in [0.05, 0.1) is 38.0 Å². The van der Waals surface area contributed by atoms with E-state index in [0.717, 1.165) is 61.1 Å². The smallest absolute Gasteiger partial charge is 0.324 e. The fraction of sp³-hybridized carbons (Fsp3) is 0.444. The number of pyridine rings is 1. The Labute approximate surface area is 400 Å². The number of hydrazine groups is 1. The summed E-state index contributed by atoms with van der Waals surface area (Å²) in [4.78, 5) is 71.1. The number of aliphatic imine (C=N–C) groups is 2. The van der Waals surface area contributed by atoms with Gasteiger partial charge in [0.25, 0.3) is 5.91 Å². The van der Waals surface area contributed by atoms with E-state index in [2.05, 4.69) is 87.4 Å². The predicted molar refractivity (Wildman–Crippen MR) is 265 cm³/mol. The van der Waals surface area contributed by atoms with Gasteiger partial charge < -0.3 is 24.3 Å². The average Bonchev–Trinajstić information content (AvgIpc) is 3.63. The molecule has 3 amide bonds. The number of cyclic esters (lactones) is 1. The third-order valence-corrected chi connectivity index (χ3v) is 13.1. The molecule has 1 fully saturated rings. The summed E-state index contributed by atoms with van der Waals surface area (Å²) >= 11 is 0. The highest BCUT2D eigenvalue weighted by Crippen LogP contribution is 2.41. The number of hydrogen-bond acceptors (Lipinski definition) is 10. The second-order valence-corrected chi connectivity index (χ2v) is 19.2. The van der Waals surface area contributed by atoms with Crippen molar-refractivity contribution < 1.29 is 28.7 Å². The second kappa shape index (κ2) is 22.1. The predicted octanol–water partition coefficient (Wildman–Crippen LogP) is 7.74. The zero-order chi connectivity index (χ0) is 48.5. The summed E-state index contributed by atoms with van der Waals surface area (Å²) < 4.78 is 14.1. The maximum atomic E-state index is 14.7. The molecule has 358 valence electrons. The number of aromatic nitrogens is 2. The quantitative estimate of drug-likeness (QED) is 0.0897. The first-order valence-electron chi connectivity index (χ1n) is 23.8. The van der Waals surface area contributed by atoms with Crippen LogP contribution in [0, 0.1) is 18.3 Å². The van der Waals surface area contributed by atoms with Crippen LogP contribution >= 0.6 is 0 Å². The molecule has 68 heavy (non-hydrogen) atoms. The van der Waals surface area contributed by atoms with Crippen LogP contribution < -0.4 is 10.7 Å². The van der Waals surface area contributed by atoms with Crippen LogP contribution in [0.1, 0.15) is 81.7 Å². The lowest BCUT2D eigenvalue weighted by molar-refractivity contribution is -0.155. The summed E-state index contributed by atoms with van der Waals surface area (Å²) in [6.07, 6.45) is 5.54. The molecular weight excluding hydrogens is 857 g/mol. The fourth-order valence-electron chi connectivity index (χ4n) is 9.52. The summed E-state index contributed by atoms with van der Waals surface area (Å²) in [5.41, 5.74) is 12.9. The lowest BCUT2D eigenvalue weighted by Gasteiger charge is -2.36. The molecule has 2 aromatic heterocycles. The van der Waals surface area contributed by atoms with Crippen LogP contribution in [0.3, 0.4) is 0 Å². The molecule has 2 N–H and O–H groups in total. The van der Waals surface area contributed by atoms with Gasteiger partial charge in [-0.3, -0.25) is 29.2 Å². The number of rotatable bonds is 13. The van der Waals surface area contributed by atoms with Gasteiger partial charge in [0.2, 0.25) is 11.8 Å². The number of amides is 3. The fourth-order valence-corrected chi connectivity index (χ4v) is 9.52. The van der Waals surface area contributed by atoms with Crippen LogP contribution in [-0.2, 0) is 61.2 Å².